The van der Waals surface area contributed by atoms with E-state index in [-0.39, 0.29) is 5.04 Å². The first-order chi connectivity index (χ1) is 13.9. The molecule has 0 unspecified atom stereocenters. The highest BCUT2D eigenvalue weighted by Gasteiger charge is 2.48. The molecule has 3 aliphatic rings. The van der Waals surface area contributed by atoms with Crippen LogP contribution in [0.1, 0.15) is 80.8 Å². The summed E-state index contributed by atoms with van der Waals surface area (Å²) in [6, 6.07) is 0. The summed E-state index contributed by atoms with van der Waals surface area (Å²) in [7, 11) is -3.63. The van der Waals surface area contributed by atoms with E-state index in [0.717, 1.165) is 43.4 Å². The van der Waals surface area contributed by atoms with Gasteiger partial charge in [-0.3, -0.25) is 4.79 Å². The van der Waals surface area contributed by atoms with Crippen molar-refractivity contribution in [3.05, 3.63) is 22.3 Å². The number of carbonyl (C=O) groups is 1. The Bertz CT molecular complexity index is 939. The highest BCUT2D eigenvalue weighted by molar-refractivity contribution is 6.94. The molecule has 2 nitrogen and oxygen atoms in total. The topological polar surface area (TPSA) is 26.3 Å². The third-order valence-electron chi connectivity index (χ3n) is 8.17. The first kappa shape index (κ1) is 22.1. The van der Waals surface area contributed by atoms with Crippen LogP contribution >= 0.6 is 0 Å². The summed E-state index contributed by atoms with van der Waals surface area (Å²) in [6.07, 6.45) is 7.93. The summed E-state index contributed by atoms with van der Waals surface area (Å²) in [5.74, 6) is 1.58. The Hall–Kier alpha value is -1.14. The maximum atomic E-state index is 14.0. The van der Waals surface area contributed by atoms with Crippen LogP contribution in [-0.2, 0) is 6.42 Å². The Kier molecular flexibility index (Phi) is 5.29. The predicted octanol–water partition coefficient (Wildman–Crippen LogP) is 6.19. The monoisotopic (exact) mass is 440 g/mol. The Morgan fingerprint density at radius 2 is 1.37 bits per heavy atom. The average molecular weight is 441 g/mol. The quantitative estimate of drug-likeness (QED) is 0.513. The molecule has 4 rings (SSSR count). The van der Waals surface area contributed by atoms with Gasteiger partial charge in [-0.1, -0.05) is 66.3 Å². The van der Waals surface area contributed by atoms with Crippen molar-refractivity contribution in [1.29, 1.82) is 0 Å². The van der Waals surface area contributed by atoms with Crippen LogP contribution in [-0.4, -0.2) is 28.5 Å². The molecule has 1 aliphatic heterocycles. The number of ketones is 1. The van der Waals surface area contributed by atoms with E-state index in [4.69, 9.17) is 4.74 Å². The number of ether oxygens (including phenoxy) is 1. The second kappa shape index (κ2) is 7.20. The maximum absolute atomic E-state index is 14.0. The van der Waals surface area contributed by atoms with Crippen LogP contribution in [0.4, 0.5) is 0 Å². The number of hydrogen-bond acceptors (Lipinski definition) is 2. The molecule has 4 heteroatoms. The number of Topliss-reactive ketones (excluding diaryl/α,β-unsaturated/α-hetero) is 1. The van der Waals surface area contributed by atoms with Crippen molar-refractivity contribution in [2.45, 2.75) is 103 Å². The Balaban J connectivity index is 2.14. The van der Waals surface area contributed by atoms with E-state index in [1.165, 1.54) is 52.1 Å². The molecular formula is C26H40O2Si2. The van der Waals surface area contributed by atoms with Gasteiger partial charge in [0.1, 0.15) is 5.75 Å². The van der Waals surface area contributed by atoms with Crippen molar-refractivity contribution in [2.75, 3.05) is 6.61 Å². The Morgan fingerprint density at radius 1 is 0.767 bits per heavy atom. The van der Waals surface area contributed by atoms with Crippen molar-refractivity contribution in [3.8, 4) is 5.75 Å². The molecule has 0 saturated carbocycles. The number of fused-ring (bicyclic) bond motifs is 3. The fourth-order valence-electron chi connectivity index (χ4n) is 5.70. The largest absolute Gasteiger partial charge is 0.493 e. The molecule has 0 bridgehead atoms. The van der Waals surface area contributed by atoms with Crippen molar-refractivity contribution in [2.24, 2.45) is 0 Å². The van der Waals surface area contributed by atoms with E-state index in [1.807, 2.05) is 0 Å². The van der Waals surface area contributed by atoms with Crippen LogP contribution in [0, 0.1) is 0 Å². The summed E-state index contributed by atoms with van der Waals surface area (Å²) in [5, 5.41) is 3.09. The van der Waals surface area contributed by atoms with Gasteiger partial charge in [0.15, 0.2) is 5.78 Å². The Labute approximate surface area is 185 Å². The molecule has 0 atom stereocenters. The molecule has 1 aromatic carbocycles. The second-order valence-electron chi connectivity index (χ2n) is 12.2. The van der Waals surface area contributed by atoms with Crippen LogP contribution in [0.5, 0.6) is 5.75 Å². The molecule has 0 fully saturated rings. The minimum Gasteiger partial charge on any atom is -0.493 e. The smallest absolute Gasteiger partial charge is 0.189 e. The third-order valence-corrected chi connectivity index (χ3v) is 15.7. The number of carbonyl (C=O) groups excluding carboxylic acids is 1. The number of rotatable bonds is 2. The molecule has 164 valence electrons. The standard InChI is InChI=1S/C26H40O2Si2/c1-26(2,3)30(7,8)25-20-17-13-11-9-10-12-14-18(17)22(27)21(20)24(29(4,5)6)19-15-16-28-23(19)25/h9-16H2,1-8H3. The van der Waals surface area contributed by atoms with Crippen molar-refractivity contribution < 1.29 is 9.53 Å². The first-order valence-electron chi connectivity index (χ1n) is 12.0. The van der Waals surface area contributed by atoms with Gasteiger partial charge in [-0.2, -0.15) is 0 Å². The minimum atomic E-state index is -1.91. The van der Waals surface area contributed by atoms with Crippen LogP contribution < -0.4 is 15.1 Å². The molecule has 0 spiro atoms. The SMILES string of the molecule is CC(C)(C)[Si](C)(C)c1c2c(c([Si](C)(C)C)c3c1C1=C(CCCCCC1)C3=O)CCO2. The predicted molar refractivity (Wildman–Crippen MR) is 134 cm³/mol. The van der Waals surface area contributed by atoms with Crippen LogP contribution in [0.3, 0.4) is 0 Å². The average Bonchev–Trinajstić information content (AvgIpc) is 3.14. The molecule has 1 aromatic rings. The van der Waals surface area contributed by atoms with Gasteiger partial charge < -0.3 is 4.74 Å². The summed E-state index contributed by atoms with van der Waals surface area (Å²) in [6.45, 7) is 20.2. The Morgan fingerprint density at radius 3 is 1.93 bits per heavy atom. The second-order valence-corrected chi connectivity index (χ2v) is 22.5. The zero-order chi connectivity index (χ0) is 22.1. The van der Waals surface area contributed by atoms with E-state index in [2.05, 4.69) is 53.5 Å². The van der Waals surface area contributed by atoms with Crippen molar-refractivity contribution in [1.82, 2.24) is 0 Å². The molecule has 0 aromatic heterocycles. The molecule has 0 radical (unpaired) electrons. The van der Waals surface area contributed by atoms with Crippen LogP contribution in [0.15, 0.2) is 5.57 Å². The fourth-order valence-corrected chi connectivity index (χ4v) is 10.3. The fraction of sp³-hybridized carbons (Fsp3) is 0.654. The number of hydrogen-bond donors (Lipinski definition) is 0. The highest BCUT2D eigenvalue weighted by atomic mass is 28.3. The highest BCUT2D eigenvalue weighted by Crippen LogP contribution is 2.47. The van der Waals surface area contributed by atoms with Gasteiger partial charge >= 0.3 is 0 Å². The lowest BCUT2D eigenvalue weighted by molar-refractivity contribution is 0.103. The normalized spacial score (nSPS) is 19.8. The first-order valence-corrected chi connectivity index (χ1v) is 18.5. The zero-order valence-electron chi connectivity index (χ0n) is 20.5. The van der Waals surface area contributed by atoms with E-state index < -0.39 is 16.1 Å². The third kappa shape index (κ3) is 3.21. The van der Waals surface area contributed by atoms with Gasteiger partial charge in [0.2, 0.25) is 0 Å². The maximum Gasteiger partial charge on any atom is 0.189 e. The van der Waals surface area contributed by atoms with E-state index in [1.54, 1.807) is 0 Å². The lowest BCUT2D eigenvalue weighted by Gasteiger charge is -2.40. The van der Waals surface area contributed by atoms with Gasteiger partial charge in [-0.25, -0.2) is 0 Å². The van der Waals surface area contributed by atoms with E-state index >= 15 is 0 Å². The molecular weight excluding hydrogens is 400 g/mol. The lowest BCUT2D eigenvalue weighted by Crippen LogP contribution is -2.54. The summed E-state index contributed by atoms with van der Waals surface area (Å²) in [4.78, 5) is 14.0. The van der Waals surface area contributed by atoms with Crippen molar-refractivity contribution in [3.63, 3.8) is 0 Å². The van der Waals surface area contributed by atoms with Gasteiger partial charge in [0, 0.05) is 17.6 Å². The molecule has 0 saturated heterocycles. The zero-order valence-corrected chi connectivity index (χ0v) is 22.5. The van der Waals surface area contributed by atoms with Crippen LogP contribution in [0.25, 0.3) is 5.57 Å². The van der Waals surface area contributed by atoms with E-state index in [0.29, 0.717) is 5.78 Å². The molecule has 2 aliphatic carbocycles. The molecule has 0 amide bonds. The molecule has 1 heterocycles. The van der Waals surface area contributed by atoms with Gasteiger partial charge in [-0.15, -0.1) is 0 Å². The molecule has 0 N–H and O–H groups in total. The van der Waals surface area contributed by atoms with Gasteiger partial charge in [0.25, 0.3) is 0 Å². The van der Waals surface area contributed by atoms with Gasteiger partial charge in [-0.05, 0) is 57.8 Å². The van der Waals surface area contributed by atoms with Crippen molar-refractivity contribution >= 4 is 37.9 Å². The van der Waals surface area contributed by atoms with Crippen LogP contribution in [0.2, 0.25) is 37.8 Å². The minimum absolute atomic E-state index is 0.204. The summed E-state index contributed by atoms with van der Waals surface area (Å²) < 4.78 is 6.47. The molecule has 30 heavy (non-hydrogen) atoms. The summed E-state index contributed by atoms with van der Waals surface area (Å²) >= 11 is 0. The number of benzene rings is 1. The lowest BCUT2D eigenvalue weighted by atomic mass is 9.93. The number of allylic oxidation sites excluding steroid dienone is 2. The summed E-state index contributed by atoms with van der Waals surface area (Å²) in [5.41, 5.74) is 6.46. The van der Waals surface area contributed by atoms with E-state index in [9.17, 15) is 4.79 Å². The van der Waals surface area contributed by atoms with Gasteiger partial charge in [0.05, 0.1) is 22.8 Å².